The lowest BCUT2D eigenvalue weighted by atomic mass is 10.1. The fourth-order valence-electron chi connectivity index (χ4n) is 3.16. The van der Waals surface area contributed by atoms with Gasteiger partial charge in [0.2, 0.25) is 12.6 Å². The third-order valence-electron chi connectivity index (χ3n) is 4.42. The first kappa shape index (κ1) is 14.4. The van der Waals surface area contributed by atoms with Crippen LogP contribution in [0.5, 0.6) is 11.5 Å². The van der Waals surface area contributed by atoms with Crippen LogP contribution in [0.2, 0.25) is 5.02 Å². The lowest BCUT2D eigenvalue weighted by molar-refractivity contribution is 0.174. The molecule has 0 saturated heterocycles. The molecular formula is C19H14ClN3O2. The Morgan fingerprint density at radius 3 is 2.72 bits per heavy atom. The molecule has 1 aliphatic heterocycles. The summed E-state index contributed by atoms with van der Waals surface area (Å²) in [5.74, 6) is 2.40. The Balaban J connectivity index is 1.59. The molecule has 0 radical (unpaired) electrons. The number of benzene rings is 2. The quantitative estimate of drug-likeness (QED) is 0.538. The zero-order valence-corrected chi connectivity index (χ0v) is 14.2. The highest BCUT2D eigenvalue weighted by atomic mass is 35.5. The molecule has 2 aromatic carbocycles. The van der Waals surface area contributed by atoms with Gasteiger partial charge in [0.15, 0.2) is 11.5 Å². The van der Waals surface area contributed by atoms with Crippen LogP contribution in [0.25, 0.3) is 28.3 Å². The van der Waals surface area contributed by atoms with Crippen LogP contribution < -0.4 is 9.47 Å². The Morgan fingerprint density at radius 2 is 1.88 bits per heavy atom. The minimum atomic E-state index is 0.271. The Hall–Kier alpha value is -2.92. The minimum Gasteiger partial charge on any atom is -0.454 e. The molecule has 0 unspecified atom stereocenters. The van der Waals surface area contributed by atoms with Crippen molar-refractivity contribution in [1.82, 2.24) is 14.0 Å². The molecule has 5 nitrogen and oxygen atoms in total. The van der Waals surface area contributed by atoms with Gasteiger partial charge in [0.1, 0.15) is 0 Å². The van der Waals surface area contributed by atoms with E-state index in [9.17, 15) is 0 Å². The van der Waals surface area contributed by atoms with Crippen molar-refractivity contribution in [1.29, 1.82) is 0 Å². The molecule has 25 heavy (non-hydrogen) atoms. The number of nitrogens with zero attached hydrogens (tertiary/aromatic N) is 3. The Labute approximate surface area is 149 Å². The number of imidazole rings is 2. The van der Waals surface area contributed by atoms with E-state index in [1.807, 2.05) is 60.1 Å². The number of aryl methyl sites for hydroxylation is 1. The summed E-state index contributed by atoms with van der Waals surface area (Å²) >= 11 is 6.12. The number of hydrogen-bond acceptors (Lipinski definition) is 3. The van der Waals surface area contributed by atoms with Gasteiger partial charge in [-0.1, -0.05) is 23.7 Å². The summed E-state index contributed by atoms with van der Waals surface area (Å²) in [6.45, 7) is 0.271. The summed E-state index contributed by atoms with van der Waals surface area (Å²) in [7, 11) is 2.00. The zero-order chi connectivity index (χ0) is 17.0. The van der Waals surface area contributed by atoms with Crippen molar-refractivity contribution in [3.05, 3.63) is 59.9 Å². The van der Waals surface area contributed by atoms with Crippen LogP contribution in [0, 0.1) is 0 Å². The van der Waals surface area contributed by atoms with E-state index in [0.717, 1.165) is 44.8 Å². The van der Waals surface area contributed by atoms with E-state index in [2.05, 4.69) is 10.8 Å². The molecular weight excluding hydrogens is 338 g/mol. The fraction of sp³-hybridized carbons (Fsp3) is 0.105. The second-order valence-electron chi connectivity index (χ2n) is 5.99. The third-order valence-corrected chi connectivity index (χ3v) is 4.66. The number of rotatable bonds is 2. The smallest absolute Gasteiger partial charge is 0.231 e. The van der Waals surface area contributed by atoms with Crippen molar-refractivity contribution in [2.45, 2.75) is 0 Å². The van der Waals surface area contributed by atoms with Crippen molar-refractivity contribution >= 4 is 17.4 Å². The van der Waals surface area contributed by atoms with Crippen LogP contribution in [0.1, 0.15) is 0 Å². The largest absolute Gasteiger partial charge is 0.454 e. The normalized spacial score (nSPS) is 12.9. The number of hydrogen-bond donors (Lipinski definition) is 0. The van der Waals surface area contributed by atoms with Crippen LogP contribution in [0.3, 0.4) is 0 Å². The highest BCUT2D eigenvalue weighted by molar-refractivity contribution is 6.30. The van der Waals surface area contributed by atoms with Crippen LogP contribution in [0.15, 0.2) is 54.9 Å². The topological polar surface area (TPSA) is 40.7 Å². The Kier molecular flexibility index (Phi) is 3.05. The van der Waals surface area contributed by atoms with Crippen molar-refractivity contribution < 1.29 is 9.47 Å². The molecule has 0 aliphatic carbocycles. The van der Waals surface area contributed by atoms with Crippen LogP contribution in [-0.4, -0.2) is 20.7 Å². The Morgan fingerprint density at radius 1 is 1.00 bits per heavy atom. The lowest BCUT2D eigenvalue weighted by Crippen LogP contribution is -1.93. The van der Waals surface area contributed by atoms with Gasteiger partial charge in [-0.3, -0.25) is 4.40 Å². The predicted molar refractivity (Wildman–Crippen MR) is 96.2 cm³/mol. The summed E-state index contributed by atoms with van der Waals surface area (Å²) < 4.78 is 14.9. The molecule has 0 fully saturated rings. The monoisotopic (exact) mass is 351 g/mol. The van der Waals surface area contributed by atoms with Crippen LogP contribution in [-0.2, 0) is 7.05 Å². The van der Waals surface area contributed by atoms with Crippen LogP contribution in [0.4, 0.5) is 0 Å². The molecule has 0 bridgehead atoms. The van der Waals surface area contributed by atoms with E-state index in [1.54, 1.807) is 0 Å². The predicted octanol–water partition coefficient (Wildman–Crippen LogP) is 4.39. The van der Waals surface area contributed by atoms with Crippen molar-refractivity contribution in [3.8, 4) is 34.0 Å². The van der Waals surface area contributed by atoms with Crippen molar-refractivity contribution in [3.63, 3.8) is 0 Å². The van der Waals surface area contributed by atoms with Crippen molar-refractivity contribution in [2.75, 3.05) is 6.79 Å². The molecule has 0 amide bonds. The molecule has 0 spiro atoms. The van der Waals surface area contributed by atoms with Gasteiger partial charge in [-0.25, -0.2) is 4.98 Å². The standard InChI is InChI=1S/C19H14ClN3O2/c1-22-16(13-3-2-4-14(20)7-13)10-23-9-15(21-19(22)23)12-5-6-17-18(8-12)25-11-24-17/h2-10H,11H2,1H3. The number of fused-ring (bicyclic) bond motifs is 2. The van der Waals surface area contributed by atoms with Gasteiger partial charge >= 0.3 is 0 Å². The average Bonchev–Trinajstić information content (AvgIpc) is 3.30. The number of halogens is 1. The first-order valence-electron chi connectivity index (χ1n) is 7.89. The fourth-order valence-corrected chi connectivity index (χ4v) is 3.35. The maximum atomic E-state index is 6.12. The molecule has 5 rings (SSSR count). The molecule has 1 aliphatic rings. The van der Waals surface area contributed by atoms with Gasteiger partial charge in [-0.05, 0) is 30.3 Å². The van der Waals surface area contributed by atoms with Gasteiger partial charge in [0.05, 0.1) is 11.4 Å². The van der Waals surface area contributed by atoms with E-state index < -0.39 is 0 Å². The first-order valence-corrected chi connectivity index (χ1v) is 8.27. The Bertz CT molecular complexity index is 1110. The second kappa shape index (κ2) is 5.29. The molecule has 124 valence electrons. The molecule has 2 aromatic heterocycles. The molecule has 0 atom stereocenters. The van der Waals surface area contributed by atoms with E-state index in [1.165, 1.54) is 0 Å². The van der Waals surface area contributed by atoms with E-state index in [0.29, 0.717) is 0 Å². The van der Waals surface area contributed by atoms with Gasteiger partial charge in [0, 0.05) is 35.6 Å². The van der Waals surface area contributed by atoms with Gasteiger partial charge in [-0.2, -0.15) is 0 Å². The van der Waals surface area contributed by atoms with Gasteiger partial charge in [-0.15, -0.1) is 0 Å². The summed E-state index contributed by atoms with van der Waals surface area (Å²) in [5, 5.41) is 0.720. The minimum absolute atomic E-state index is 0.271. The zero-order valence-electron chi connectivity index (χ0n) is 13.4. The number of ether oxygens (including phenoxy) is 2. The molecule has 0 N–H and O–H groups in total. The maximum absolute atomic E-state index is 6.12. The summed E-state index contributed by atoms with van der Waals surface area (Å²) in [6, 6.07) is 13.7. The maximum Gasteiger partial charge on any atom is 0.231 e. The summed E-state index contributed by atoms with van der Waals surface area (Å²) in [4.78, 5) is 4.77. The average molecular weight is 352 g/mol. The highest BCUT2D eigenvalue weighted by Gasteiger charge is 2.17. The van der Waals surface area contributed by atoms with E-state index in [-0.39, 0.29) is 6.79 Å². The van der Waals surface area contributed by atoms with Gasteiger partial charge in [0.25, 0.3) is 0 Å². The highest BCUT2D eigenvalue weighted by Crippen LogP contribution is 2.36. The van der Waals surface area contributed by atoms with E-state index in [4.69, 9.17) is 26.1 Å². The van der Waals surface area contributed by atoms with Crippen LogP contribution >= 0.6 is 11.6 Å². The summed E-state index contributed by atoms with van der Waals surface area (Å²) in [6.07, 6.45) is 4.07. The third kappa shape index (κ3) is 2.27. The molecule has 4 aromatic rings. The lowest BCUT2D eigenvalue weighted by Gasteiger charge is -2.03. The number of aromatic nitrogens is 3. The summed E-state index contributed by atoms with van der Waals surface area (Å²) in [5.41, 5.74) is 4.01. The van der Waals surface area contributed by atoms with E-state index >= 15 is 0 Å². The molecule has 3 heterocycles. The van der Waals surface area contributed by atoms with Crippen molar-refractivity contribution in [2.24, 2.45) is 7.05 Å². The first-order chi connectivity index (χ1) is 12.2. The second-order valence-corrected chi connectivity index (χ2v) is 6.42. The molecule has 6 heteroatoms. The molecule has 0 saturated carbocycles. The SMILES string of the molecule is Cn1c(-c2cccc(Cl)c2)cn2cc(-c3ccc4c(c3)OCO4)nc12. The van der Waals surface area contributed by atoms with Gasteiger partial charge < -0.3 is 14.0 Å².